The van der Waals surface area contributed by atoms with Crippen molar-refractivity contribution in [2.75, 3.05) is 25.4 Å². The molecule has 2 aromatic rings. The molecule has 6 heteroatoms. The van der Waals surface area contributed by atoms with E-state index in [1.807, 2.05) is 12.1 Å². The molecule has 2 rings (SSSR count). The van der Waals surface area contributed by atoms with Crippen LogP contribution < -0.4 is 10.5 Å². The Bertz CT molecular complexity index is 535. The van der Waals surface area contributed by atoms with Crippen LogP contribution in [0.3, 0.4) is 0 Å². The van der Waals surface area contributed by atoms with E-state index in [0.29, 0.717) is 11.6 Å². The quantitative estimate of drug-likeness (QED) is 0.750. The van der Waals surface area contributed by atoms with Crippen LogP contribution in [-0.2, 0) is 13.0 Å². The number of aromatic nitrogens is 2. The Hall–Kier alpha value is -2.08. The monoisotopic (exact) mass is 290 g/mol. The van der Waals surface area contributed by atoms with Crippen molar-refractivity contribution in [3.05, 3.63) is 36.0 Å². The second kappa shape index (κ2) is 7.64. The van der Waals surface area contributed by atoms with Crippen molar-refractivity contribution >= 4 is 5.69 Å². The molecule has 0 fully saturated rings. The molecule has 0 saturated heterocycles. The van der Waals surface area contributed by atoms with Crippen LogP contribution in [0.5, 0.6) is 5.75 Å². The van der Waals surface area contributed by atoms with Gasteiger partial charge in [0.2, 0.25) is 0 Å². The number of rotatable bonds is 8. The van der Waals surface area contributed by atoms with Crippen molar-refractivity contribution in [3.8, 4) is 5.75 Å². The number of likely N-dealkylation sites (N-methyl/N-ethyl adjacent to an activating group) is 1. The molecule has 0 saturated carbocycles. The Morgan fingerprint density at radius 1 is 1.19 bits per heavy atom. The topological polar surface area (TPSA) is 77.4 Å². The maximum absolute atomic E-state index is 5.62. The number of benzene rings is 1. The Labute approximate surface area is 124 Å². The highest BCUT2D eigenvalue weighted by atomic mass is 16.5. The molecule has 6 nitrogen and oxygen atoms in total. The first-order chi connectivity index (χ1) is 10.2. The second-order valence-corrected chi connectivity index (χ2v) is 4.74. The van der Waals surface area contributed by atoms with E-state index in [2.05, 4.69) is 28.9 Å². The molecule has 1 aromatic carbocycles. The first-order valence-corrected chi connectivity index (χ1v) is 7.23. The molecule has 0 bridgehead atoms. The zero-order chi connectivity index (χ0) is 15.1. The predicted octanol–water partition coefficient (Wildman–Crippen LogP) is 2.12. The molecule has 1 heterocycles. The second-order valence-electron chi connectivity index (χ2n) is 4.74. The fraction of sp³-hybridized carbons (Fsp3) is 0.467. The largest absolute Gasteiger partial charge is 0.484 e. The van der Waals surface area contributed by atoms with Crippen molar-refractivity contribution in [2.45, 2.75) is 26.9 Å². The summed E-state index contributed by atoms with van der Waals surface area (Å²) in [4.78, 5) is 6.65. The third-order valence-electron chi connectivity index (χ3n) is 3.30. The fourth-order valence-corrected chi connectivity index (χ4v) is 1.96. The number of nitrogen functional groups attached to an aromatic ring is 1. The van der Waals surface area contributed by atoms with Crippen LogP contribution in [0.1, 0.15) is 25.6 Å². The first kappa shape index (κ1) is 15.3. The minimum Gasteiger partial charge on any atom is -0.484 e. The zero-order valence-corrected chi connectivity index (χ0v) is 12.6. The molecule has 2 N–H and O–H groups in total. The standard InChI is InChI=1S/C15H22N4O2/c1-3-19(4-2)10-9-14-17-15(21-18-14)11-20-13-7-5-12(16)6-8-13/h5-8H,3-4,9-11,16H2,1-2H3. The average molecular weight is 290 g/mol. The number of nitrogens with zero attached hydrogens (tertiary/aromatic N) is 3. The summed E-state index contributed by atoms with van der Waals surface area (Å²) in [6.45, 7) is 7.55. The number of ether oxygens (including phenoxy) is 1. The van der Waals surface area contributed by atoms with E-state index in [1.165, 1.54) is 0 Å². The predicted molar refractivity (Wildman–Crippen MR) is 81.0 cm³/mol. The van der Waals surface area contributed by atoms with Crippen molar-refractivity contribution in [3.63, 3.8) is 0 Å². The molecular formula is C15H22N4O2. The van der Waals surface area contributed by atoms with Gasteiger partial charge < -0.3 is 19.9 Å². The molecule has 0 spiro atoms. The Morgan fingerprint density at radius 3 is 2.57 bits per heavy atom. The fourth-order valence-electron chi connectivity index (χ4n) is 1.96. The van der Waals surface area contributed by atoms with Gasteiger partial charge in [-0.3, -0.25) is 0 Å². The van der Waals surface area contributed by atoms with Crippen LogP contribution in [0.15, 0.2) is 28.8 Å². The van der Waals surface area contributed by atoms with E-state index in [0.717, 1.165) is 37.6 Å². The molecule has 114 valence electrons. The summed E-state index contributed by atoms with van der Waals surface area (Å²) in [7, 11) is 0. The number of nitrogens with two attached hydrogens (primary N) is 1. The number of hydrogen-bond donors (Lipinski definition) is 1. The minimum absolute atomic E-state index is 0.266. The van der Waals surface area contributed by atoms with Crippen molar-refractivity contribution in [2.24, 2.45) is 0 Å². The average Bonchev–Trinajstić information content (AvgIpc) is 2.96. The van der Waals surface area contributed by atoms with Gasteiger partial charge in [-0.25, -0.2) is 0 Å². The summed E-state index contributed by atoms with van der Waals surface area (Å²) in [5.41, 5.74) is 6.32. The van der Waals surface area contributed by atoms with Gasteiger partial charge in [-0.1, -0.05) is 19.0 Å². The Balaban J connectivity index is 1.81. The lowest BCUT2D eigenvalue weighted by atomic mass is 10.3. The normalized spacial score (nSPS) is 11.0. The van der Waals surface area contributed by atoms with Gasteiger partial charge >= 0.3 is 0 Å². The number of anilines is 1. The Morgan fingerprint density at radius 2 is 1.90 bits per heavy atom. The molecule has 0 unspecified atom stereocenters. The van der Waals surface area contributed by atoms with Crippen molar-refractivity contribution in [1.82, 2.24) is 15.0 Å². The third kappa shape index (κ3) is 4.75. The molecule has 0 amide bonds. The van der Waals surface area contributed by atoms with E-state index in [4.69, 9.17) is 15.0 Å². The van der Waals surface area contributed by atoms with Crippen LogP contribution >= 0.6 is 0 Å². The van der Waals surface area contributed by atoms with E-state index >= 15 is 0 Å². The van der Waals surface area contributed by atoms with Gasteiger partial charge in [0, 0.05) is 18.7 Å². The van der Waals surface area contributed by atoms with E-state index < -0.39 is 0 Å². The molecule has 0 radical (unpaired) electrons. The maximum atomic E-state index is 5.62. The van der Waals surface area contributed by atoms with Crippen LogP contribution in [0, 0.1) is 0 Å². The third-order valence-corrected chi connectivity index (χ3v) is 3.30. The van der Waals surface area contributed by atoms with Gasteiger partial charge in [-0.05, 0) is 37.4 Å². The first-order valence-electron chi connectivity index (χ1n) is 7.23. The lowest BCUT2D eigenvalue weighted by molar-refractivity contribution is 0.242. The molecule has 0 atom stereocenters. The van der Waals surface area contributed by atoms with Crippen LogP contribution in [0.4, 0.5) is 5.69 Å². The van der Waals surface area contributed by atoms with Gasteiger partial charge in [0.15, 0.2) is 12.4 Å². The molecular weight excluding hydrogens is 268 g/mol. The highest BCUT2D eigenvalue weighted by Gasteiger charge is 2.08. The molecule has 21 heavy (non-hydrogen) atoms. The van der Waals surface area contributed by atoms with Gasteiger partial charge in [-0.15, -0.1) is 0 Å². The Kier molecular flexibility index (Phi) is 5.57. The summed E-state index contributed by atoms with van der Waals surface area (Å²) in [6.07, 6.45) is 0.785. The summed E-state index contributed by atoms with van der Waals surface area (Å²) in [5.74, 6) is 1.94. The van der Waals surface area contributed by atoms with Crippen molar-refractivity contribution in [1.29, 1.82) is 0 Å². The van der Waals surface area contributed by atoms with E-state index in [1.54, 1.807) is 12.1 Å². The van der Waals surface area contributed by atoms with Crippen LogP contribution in [-0.4, -0.2) is 34.7 Å². The van der Waals surface area contributed by atoms with Crippen LogP contribution in [0.2, 0.25) is 0 Å². The SMILES string of the molecule is CCN(CC)CCc1noc(COc2ccc(N)cc2)n1. The molecule has 0 aliphatic carbocycles. The highest BCUT2D eigenvalue weighted by Crippen LogP contribution is 2.14. The van der Waals surface area contributed by atoms with Crippen LogP contribution in [0.25, 0.3) is 0 Å². The summed E-state index contributed by atoms with van der Waals surface area (Å²) in [6, 6.07) is 7.21. The van der Waals surface area contributed by atoms with Gasteiger partial charge in [-0.2, -0.15) is 4.98 Å². The van der Waals surface area contributed by atoms with Gasteiger partial charge in [0.25, 0.3) is 5.89 Å². The lowest BCUT2D eigenvalue weighted by Gasteiger charge is -2.16. The van der Waals surface area contributed by atoms with Gasteiger partial charge in [0.05, 0.1) is 0 Å². The van der Waals surface area contributed by atoms with E-state index in [-0.39, 0.29) is 6.61 Å². The molecule has 0 aliphatic heterocycles. The summed E-state index contributed by atoms with van der Waals surface area (Å²) >= 11 is 0. The minimum atomic E-state index is 0.266. The summed E-state index contributed by atoms with van der Waals surface area (Å²) in [5, 5.41) is 3.97. The van der Waals surface area contributed by atoms with Gasteiger partial charge in [0.1, 0.15) is 5.75 Å². The lowest BCUT2D eigenvalue weighted by Crippen LogP contribution is -2.25. The molecule has 0 aliphatic rings. The smallest absolute Gasteiger partial charge is 0.264 e. The van der Waals surface area contributed by atoms with Crippen molar-refractivity contribution < 1.29 is 9.26 Å². The molecule has 1 aromatic heterocycles. The number of hydrogen-bond acceptors (Lipinski definition) is 6. The summed E-state index contributed by atoms with van der Waals surface area (Å²) < 4.78 is 10.7. The maximum Gasteiger partial charge on any atom is 0.264 e. The highest BCUT2D eigenvalue weighted by molar-refractivity contribution is 5.41. The zero-order valence-electron chi connectivity index (χ0n) is 12.6. The van der Waals surface area contributed by atoms with E-state index in [9.17, 15) is 0 Å².